The molecule has 0 spiro atoms. The topological polar surface area (TPSA) is 3.24 Å². The quantitative estimate of drug-likeness (QED) is 0.616. The van der Waals surface area contributed by atoms with Crippen LogP contribution in [0.2, 0.25) is 0 Å². The molecule has 0 aliphatic carbocycles. The highest BCUT2D eigenvalue weighted by molar-refractivity contribution is 5.26. The molecule has 0 amide bonds. The standard InChI is InChI=1S/C11H17N/c1-3-5-8-12-9-6-7-11(4-2)10-12/h4,6-7,9H,2-3,5,8,10H2,1H3. The van der Waals surface area contributed by atoms with Gasteiger partial charge in [-0.25, -0.2) is 0 Å². The fourth-order valence-electron chi connectivity index (χ4n) is 1.28. The van der Waals surface area contributed by atoms with Gasteiger partial charge < -0.3 is 4.90 Å². The van der Waals surface area contributed by atoms with E-state index in [1.807, 2.05) is 6.08 Å². The molecule has 0 N–H and O–H groups in total. The van der Waals surface area contributed by atoms with E-state index in [1.165, 1.54) is 18.4 Å². The molecule has 1 nitrogen and oxygen atoms in total. The molecule has 0 atom stereocenters. The molecule has 1 heteroatoms. The second kappa shape index (κ2) is 4.81. The summed E-state index contributed by atoms with van der Waals surface area (Å²) in [7, 11) is 0. The fraction of sp³-hybridized carbons (Fsp3) is 0.455. The molecule has 0 fully saturated rings. The number of rotatable bonds is 4. The Bertz CT molecular complexity index is 201. The molecule has 0 saturated carbocycles. The van der Waals surface area contributed by atoms with Gasteiger partial charge >= 0.3 is 0 Å². The Morgan fingerprint density at radius 2 is 2.50 bits per heavy atom. The first-order chi connectivity index (χ1) is 5.86. The van der Waals surface area contributed by atoms with Crippen LogP contribution in [-0.2, 0) is 0 Å². The largest absolute Gasteiger partial charge is 0.373 e. The summed E-state index contributed by atoms with van der Waals surface area (Å²) in [5, 5.41) is 0. The van der Waals surface area contributed by atoms with E-state index in [2.05, 4.69) is 36.8 Å². The van der Waals surface area contributed by atoms with Crippen LogP contribution in [0.4, 0.5) is 0 Å². The molecule has 0 aromatic heterocycles. The molecule has 0 aromatic rings. The van der Waals surface area contributed by atoms with E-state index in [4.69, 9.17) is 0 Å². The number of allylic oxidation sites excluding steroid dienone is 2. The number of hydrogen-bond donors (Lipinski definition) is 0. The molecule has 1 heterocycles. The van der Waals surface area contributed by atoms with Crippen molar-refractivity contribution in [3.63, 3.8) is 0 Å². The molecule has 0 unspecified atom stereocenters. The Morgan fingerprint density at radius 1 is 1.67 bits per heavy atom. The van der Waals surface area contributed by atoms with E-state index >= 15 is 0 Å². The lowest BCUT2D eigenvalue weighted by Crippen LogP contribution is -2.22. The zero-order valence-corrected chi connectivity index (χ0v) is 7.79. The van der Waals surface area contributed by atoms with Gasteiger partial charge in [0.1, 0.15) is 0 Å². The van der Waals surface area contributed by atoms with E-state index in [0.717, 1.165) is 13.1 Å². The Labute approximate surface area is 75.1 Å². The molecule has 1 aliphatic heterocycles. The fourth-order valence-corrected chi connectivity index (χ4v) is 1.28. The first-order valence-electron chi connectivity index (χ1n) is 4.60. The summed E-state index contributed by atoms with van der Waals surface area (Å²) >= 11 is 0. The molecule has 0 bridgehead atoms. The first kappa shape index (κ1) is 9.11. The average molecular weight is 163 g/mol. The smallest absolute Gasteiger partial charge is 0.0423 e. The van der Waals surface area contributed by atoms with Crippen molar-refractivity contribution in [3.8, 4) is 0 Å². The molecule has 0 radical (unpaired) electrons. The van der Waals surface area contributed by atoms with Crippen LogP contribution in [0.1, 0.15) is 19.8 Å². The molecular weight excluding hydrogens is 146 g/mol. The van der Waals surface area contributed by atoms with Crippen LogP contribution in [0.25, 0.3) is 0 Å². The summed E-state index contributed by atoms with van der Waals surface area (Å²) in [6.45, 7) is 8.18. The Morgan fingerprint density at radius 3 is 3.17 bits per heavy atom. The SMILES string of the molecule is C=CC1=CC=CN(CCCC)C1. The third-order valence-corrected chi connectivity index (χ3v) is 2.05. The Balaban J connectivity index is 2.37. The van der Waals surface area contributed by atoms with Gasteiger partial charge in [0.05, 0.1) is 0 Å². The van der Waals surface area contributed by atoms with Crippen LogP contribution in [-0.4, -0.2) is 18.0 Å². The first-order valence-corrected chi connectivity index (χ1v) is 4.60. The summed E-state index contributed by atoms with van der Waals surface area (Å²) in [6.07, 6.45) is 10.8. The van der Waals surface area contributed by atoms with Crippen LogP contribution in [0.3, 0.4) is 0 Å². The zero-order valence-electron chi connectivity index (χ0n) is 7.79. The molecule has 66 valence electrons. The van der Waals surface area contributed by atoms with E-state index < -0.39 is 0 Å². The molecule has 0 saturated heterocycles. The van der Waals surface area contributed by atoms with Gasteiger partial charge in [-0.2, -0.15) is 0 Å². The van der Waals surface area contributed by atoms with Crippen LogP contribution in [0.5, 0.6) is 0 Å². The van der Waals surface area contributed by atoms with Crippen molar-refractivity contribution in [2.45, 2.75) is 19.8 Å². The lowest BCUT2D eigenvalue weighted by molar-refractivity contribution is 0.395. The van der Waals surface area contributed by atoms with Crippen LogP contribution >= 0.6 is 0 Å². The van der Waals surface area contributed by atoms with Gasteiger partial charge in [-0.15, -0.1) is 0 Å². The summed E-state index contributed by atoms with van der Waals surface area (Å²) in [4.78, 5) is 2.33. The van der Waals surface area contributed by atoms with Gasteiger partial charge in [0.15, 0.2) is 0 Å². The minimum atomic E-state index is 1.03. The van der Waals surface area contributed by atoms with Crippen molar-refractivity contribution >= 4 is 0 Å². The second-order valence-corrected chi connectivity index (χ2v) is 3.11. The molecule has 1 aliphatic rings. The van der Waals surface area contributed by atoms with Crippen molar-refractivity contribution < 1.29 is 0 Å². The van der Waals surface area contributed by atoms with Crippen LogP contribution in [0, 0.1) is 0 Å². The number of unbranched alkanes of at least 4 members (excludes halogenated alkanes) is 1. The van der Waals surface area contributed by atoms with Crippen molar-refractivity contribution in [2.75, 3.05) is 13.1 Å². The third kappa shape index (κ3) is 2.57. The summed E-state index contributed by atoms with van der Waals surface area (Å²) < 4.78 is 0. The lowest BCUT2D eigenvalue weighted by Gasteiger charge is -2.22. The summed E-state index contributed by atoms with van der Waals surface area (Å²) in [6, 6.07) is 0. The Kier molecular flexibility index (Phi) is 3.65. The maximum atomic E-state index is 3.77. The highest BCUT2D eigenvalue weighted by atomic mass is 15.1. The molecule has 0 aromatic carbocycles. The molecule has 1 rings (SSSR count). The average Bonchev–Trinajstić information content (AvgIpc) is 2.15. The monoisotopic (exact) mass is 163 g/mol. The van der Waals surface area contributed by atoms with Gasteiger partial charge in [-0.05, 0) is 24.3 Å². The van der Waals surface area contributed by atoms with Crippen LogP contribution in [0.15, 0.2) is 36.6 Å². The van der Waals surface area contributed by atoms with Crippen molar-refractivity contribution in [2.24, 2.45) is 0 Å². The van der Waals surface area contributed by atoms with E-state index in [9.17, 15) is 0 Å². The predicted molar refractivity (Wildman–Crippen MR) is 53.9 cm³/mol. The number of nitrogens with zero attached hydrogens (tertiary/aromatic N) is 1. The maximum absolute atomic E-state index is 3.77. The normalized spacial score (nSPS) is 16.1. The van der Waals surface area contributed by atoms with Gasteiger partial charge in [-0.3, -0.25) is 0 Å². The molecule has 12 heavy (non-hydrogen) atoms. The highest BCUT2D eigenvalue weighted by Gasteiger charge is 2.02. The lowest BCUT2D eigenvalue weighted by atomic mass is 10.2. The van der Waals surface area contributed by atoms with Crippen molar-refractivity contribution in [1.29, 1.82) is 0 Å². The van der Waals surface area contributed by atoms with Gasteiger partial charge in [0.2, 0.25) is 0 Å². The van der Waals surface area contributed by atoms with Crippen LogP contribution < -0.4 is 0 Å². The van der Waals surface area contributed by atoms with E-state index in [1.54, 1.807) is 0 Å². The second-order valence-electron chi connectivity index (χ2n) is 3.11. The number of hydrogen-bond acceptors (Lipinski definition) is 1. The maximum Gasteiger partial charge on any atom is 0.0423 e. The minimum absolute atomic E-state index is 1.03. The van der Waals surface area contributed by atoms with E-state index in [0.29, 0.717) is 0 Å². The predicted octanol–water partition coefficient (Wildman–Crippen LogP) is 2.73. The highest BCUT2D eigenvalue weighted by Crippen LogP contribution is 2.08. The van der Waals surface area contributed by atoms with Gasteiger partial charge in [-0.1, -0.05) is 32.1 Å². The third-order valence-electron chi connectivity index (χ3n) is 2.05. The zero-order chi connectivity index (χ0) is 8.81. The summed E-state index contributed by atoms with van der Waals surface area (Å²) in [5.74, 6) is 0. The minimum Gasteiger partial charge on any atom is -0.373 e. The van der Waals surface area contributed by atoms with E-state index in [-0.39, 0.29) is 0 Å². The van der Waals surface area contributed by atoms with Crippen molar-refractivity contribution in [3.05, 3.63) is 36.6 Å². The van der Waals surface area contributed by atoms with Gasteiger partial charge in [0.25, 0.3) is 0 Å². The Hall–Kier alpha value is -0.980. The summed E-state index contributed by atoms with van der Waals surface area (Å²) in [5.41, 5.74) is 1.31. The van der Waals surface area contributed by atoms with Gasteiger partial charge in [0, 0.05) is 13.1 Å². The van der Waals surface area contributed by atoms with Crippen molar-refractivity contribution in [1.82, 2.24) is 4.90 Å². The molecular formula is C11H17N.